The minimum Gasteiger partial charge on any atom is -0.384 e. The molecule has 0 heterocycles. The maximum atomic E-state index is 11.5. The molecule has 0 rings (SSSR count). The lowest BCUT2D eigenvalue weighted by Crippen LogP contribution is -2.07. The summed E-state index contributed by atoms with van der Waals surface area (Å²) in [5, 5.41) is 0. The second kappa shape index (κ2) is 15.2. The fourth-order valence-electron chi connectivity index (χ4n) is 2.03. The van der Waals surface area contributed by atoms with Gasteiger partial charge in [0.25, 0.3) is 0 Å². The van der Waals surface area contributed by atoms with E-state index in [0.29, 0.717) is 12.4 Å². The fourth-order valence-corrected chi connectivity index (χ4v) is 3.11. The molecule has 0 aromatic carbocycles. The SMILES string of the molecule is CCCCCCCCCCCCS(=O)CCOC. The molecule has 0 amide bonds. The van der Waals surface area contributed by atoms with E-state index in [9.17, 15) is 4.21 Å². The number of hydrogen-bond acceptors (Lipinski definition) is 2. The first-order chi connectivity index (χ1) is 8.81. The van der Waals surface area contributed by atoms with Gasteiger partial charge in [0.05, 0.1) is 6.61 Å². The highest BCUT2D eigenvalue weighted by molar-refractivity contribution is 7.84. The van der Waals surface area contributed by atoms with E-state index in [0.717, 1.165) is 12.2 Å². The van der Waals surface area contributed by atoms with Crippen LogP contribution in [0.2, 0.25) is 0 Å². The monoisotopic (exact) mass is 276 g/mol. The first-order valence-corrected chi connectivity index (χ1v) is 9.14. The third-order valence-corrected chi connectivity index (χ3v) is 4.61. The van der Waals surface area contributed by atoms with E-state index in [-0.39, 0.29) is 0 Å². The topological polar surface area (TPSA) is 26.3 Å². The maximum absolute atomic E-state index is 11.5. The van der Waals surface area contributed by atoms with Gasteiger partial charge in [-0.25, -0.2) is 0 Å². The number of unbranched alkanes of at least 4 members (excludes halogenated alkanes) is 9. The van der Waals surface area contributed by atoms with Crippen molar-refractivity contribution in [1.29, 1.82) is 0 Å². The first kappa shape index (κ1) is 18.1. The van der Waals surface area contributed by atoms with Crippen molar-refractivity contribution < 1.29 is 8.95 Å². The molecule has 1 unspecified atom stereocenters. The Morgan fingerprint density at radius 2 is 1.28 bits per heavy atom. The lowest BCUT2D eigenvalue weighted by Gasteiger charge is -2.03. The van der Waals surface area contributed by atoms with Crippen molar-refractivity contribution in [2.24, 2.45) is 0 Å². The Labute approximate surface area is 116 Å². The summed E-state index contributed by atoms with van der Waals surface area (Å²) in [7, 11) is 1.01. The van der Waals surface area contributed by atoms with Gasteiger partial charge in [0, 0.05) is 29.4 Å². The second-order valence-electron chi connectivity index (χ2n) is 5.02. The van der Waals surface area contributed by atoms with Crippen molar-refractivity contribution in [3.05, 3.63) is 0 Å². The van der Waals surface area contributed by atoms with Crippen molar-refractivity contribution >= 4 is 10.8 Å². The number of hydrogen-bond donors (Lipinski definition) is 0. The van der Waals surface area contributed by atoms with Crippen LogP contribution in [0.25, 0.3) is 0 Å². The van der Waals surface area contributed by atoms with Crippen LogP contribution in [0.5, 0.6) is 0 Å². The van der Waals surface area contributed by atoms with Crippen LogP contribution in [0.3, 0.4) is 0 Å². The van der Waals surface area contributed by atoms with E-state index in [2.05, 4.69) is 6.92 Å². The molecule has 0 aromatic rings. The summed E-state index contributed by atoms with van der Waals surface area (Å²) in [5.74, 6) is 1.56. The van der Waals surface area contributed by atoms with Gasteiger partial charge in [-0.05, 0) is 6.42 Å². The maximum Gasteiger partial charge on any atom is 0.0577 e. The van der Waals surface area contributed by atoms with Crippen molar-refractivity contribution in [3.63, 3.8) is 0 Å². The van der Waals surface area contributed by atoms with Gasteiger partial charge in [0.2, 0.25) is 0 Å². The van der Waals surface area contributed by atoms with Gasteiger partial charge in [-0.15, -0.1) is 0 Å². The zero-order valence-electron chi connectivity index (χ0n) is 12.4. The zero-order chi connectivity index (χ0) is 13.5. The van der Waals surface area contributed by atoms with Crippen LogP contribution in [0, 0.1) is 0 Å². The molecule has 0 aliphatic heterocycles. The lowest BCUT2D eigenvalue weighted by molar-refractivity contribution is 0.218. The smallest absolute Gasteiger partial charge is 0.0577 e. The predicted octanol–water partition coefficient (Wildman–Crippen LogP) is 4.30. The molecule has 18 heavy (non-hydrogen) atoms. The molecule has 0 bridgehead atoms. The first-order valence-electron chi connectivity index (χ1n) is 7.65. The van der Waals surface area contributed by atoms with Gasteiger partial charge in [0.15, 0.2) is 0 Å². The summed E-state index contributed by atoms with van der Waals surface area (Å²) in [6.07, 6.45) is 13.4. The average Bonchev–Trinajstić information content (AvgIpc) is 2.38. The molecule has 0 aliphatic carbocycles. The second-order valence-corrected chi connectivity index (χ2v) is 6.72. The van der Waals surface area contributed by atoms with Gasteiger partial charge in [-0.2, -0.15) is 0 Å². The molecule has 2 nitrogen and oxygen atoms in total. The average molecular weight is 276 g/mol. The molecular formula is C15H32O2S. The van der Waals surface area contributed by atoms with Gasteiger partial charge in [-0.3, -0.25) is 4.21 Å². The van der Waals surface area contributed by atoms with Gasteiger partial charge >= 0.3 is 0 Å². The zero-order valence-corrected chi connectivity index (χ0v) is 13.2. The molecule has 0 spiro atoms. The summed E-state index contributed by atoms with van der Waals surface area (Å²) in [6, 6.07) is 0. The van der Waals surface area contributed by atoms with Crippen LogP contribution in [-0.4, -0.2) is 29.4 Å². The minimum absolute atomic E-state index is 0.629. The fraction of sp³-hybridized carbons (Fsp3) is 1.00. The van der Waals surface area contributed by atoms with E-state index in [1.54, 1.807) is 7.11 Å². The molecule has 0 saturated carbocycles. The van der Waals surface area contributed by atoms with Gasteiger partial charge < -0.3 is 4.74 Å². The summed E-state index contributed by atoms with van der Waals surface area (Å²) < 4.78 is 16.4. The third kappa shape index (κ3) is 14.2. The Bertz CT molecular complexity index is 183. The van der Waals surface area contributed by atoms with Crippen LogP contribution in [-0.2, 0) is 15.5 Å². The summed E-state index contributed by atoms with van der Waals surface area (Å²) in [5.41, 5.74) is 0. The van der Waals surface area contributed by atoms with Crippen LogP contribution in [0.15, 0.2) is 0 Å². The molecule has 3 heteroatoms. The molecule has 110 valence electrons. The standard InChI is InChI=1S/C15H32O2S/c1-3-4-5-6-7-8-9-10-11-12-14-18(16)15-13-17-2/h3-15H2,1-2H3. The van der Waals surface area contributed by atoms with E-state index in [4.69, 9.17) is 4.74 Å². The molecule has 0 saturated heterocycles. The molecule has 0 aromatic heterocycles. The summed E-state index contributed by atoms with van der Waals surface area (Å²) in [6.45, 7) is 2.89. The van der Waals surface area contributed by atoms with E-state index in [1.807, 2.05) is 0 Å². The summed E-state index contributed by atoms with van der Waals surface area (Å²) >= 11 is 0. The van der Waals surface area contributed by atoms with E-state index < -0.39 is 10.8 Å². The van der Waals surface area contributed by atoms with Crippen molar-refractivity contribution in [2.75, 3.05) is 25.2 Å². The van der Waals surface area contributed by atoms with Crippen LogP contribution in [0.1, 0.15) is 71.1 Å². The van der Waals surface area contributed by atoms with Crippen LogP contribution >= 0.6 is 0 Å². The number of rotatable bonds is 14. The molecule has 1 atom stereocenters. The van der Waals surface area contributed by atoms with E-state index in [1.165, 1.54) is 57.8 Å². The Balaban J connectivity index is 3.04. The highest BCUT2D eigenvalue weighted by atomic mass is 32.2. The number of ether oxygens (including phenoxy) is 1. The minimum atomic E-state index is -0.658. The quantitative estimate of drug-likeness (QED) is 0.442. The number of methoxy groups -OCH3 is 1. The molecular weight excluding hydrogens is 244 g/mol. The molecule has 0 fully saturated rings. The van der Waals surface area contributed by atoms with Crippen molar-refractivity contribution in [2.45, 2.75) is 71.1 Å². The predicted molar refractivity (Wildman–Crippen MR) is 81.6 cm³/mol. The lowest BCUT2D eigenvalue weighted by atomic mass is 10.1. The van der Waals surface area contributed by atoms with Gasteiger partial charge in [0.1, 0.15) is 0 Å². The Morgan fingerprint density at radius 3 is 1.78 bits per heavy atom. The largest absolute Gasteiger partial charge is 0.384 e. The Hall–Kier alpha value is 0.110. The highest BCUT2D eigenvalue weighted by Crippen LogP contribution is 2.10. The Kier molecular flexibility index (Phi) is 15.3. The Morgan fingerprint density at radius 1 is 0.778 bits per heavy atom. The van der Waals surface area contributed by atoms with Crippen LogP contribution in [0.4, 0.5) is 0 Å². The highest BCUT2D eigenvalue weighted by Gasteiger charge is 1.99. The normalized spacial score (nSPS) is 12.8. The molecule has 0 radical (unpaired) electrons. The van der Waals surface area contributed by atoms with Gasteiger partial charge in [-0.1, -0.05) is 64.7 Å². The van der Waals surface area contributed by atoms with Crippen LogP contribution < -0.4 is 0 Å². The molecule has 0 aliphatic rings. The van der Waals surface area contributed by atoms with Crippen molar-refractivity contribution in [3.8, 4) is 0 Å². The molecule has 0 N–H and O–H groups in total. The third-order valence-electron chi connectivity index (χ3n) is 3.24. The van der Waals surface area contributed by atoms with Crippen molar-refractivity contribution in [1.82, 2.24) is 0 Å². The van der Waals surface area contributed by atoms with E-state index >= 15 is 0 Å². The summed E-state index contributed by atoms with van der Waals surface area (Å²) in [4.78, 5) is 0.